The van der Waals surface area contributed by atoms with Crippen LogP contribution < -0.4 is 16.6 Å². The maximum atomic E-state index is 13.5. The van der Waals surface area contributed by atoms with Gasteiger partial charge < -0.3 is 10.7 Å². The van der Waals surface area contributed by atoms with Gasteiger partial charge in [0, 0.05) is 11.8 Å². The van der Waals surface area contributed by atoms with Crippen LogP contribution in [0.2, 0.25) is 0 Å². The molecule has 1 amide bonds. The minimum Gasteiger partial charge on any atom is -0.352 e. The molecule has 0 fully saturated rings. The highest BCUT2D eigenvalue weighted by atomic mass is 32.2. The van der Waals surface area contributed by atoms with Crippen LogP contribution in [-0.2, 0) is 0 Å². The fraction of sp³-hybridized carbons (Fsp3) is 0.417. The van der Waals surface area contributed by atoms with E-state index in [0.717, 1.165) is 12.5 Å². The Morgan fingerprint density at radius 2 is 2.24 bits per heavy atom. The van der Waals surface area contributed by atoms with Crippen LogP contribution in [0.25, 0.3) is 0 Å². The van der Waals surface area contributed by atoms with Gasteiger partial charge in [0.05, 0.1) is 16.7 Å². The van der Waals surface area contributed by atoms with Crippen LogP contribution in [0.3, 0.4) is 0 Å². The number of nitrogens with two attached hydrogens (primary N) is 1. The van der Waals surface area contributed by atoms with E-state index in [1.807, 2.05) is 13.2 Å². The van der Waals surface area contributed by atoms with E-state index in [9.17, 15) is 19.3 Å². The van der Waals surface area contributed by atoms with Crippen LogP contribution in [0.15, 0.2) is 12.1 Å². The number of rotatable bonds is 7. The molecule has 0 heterocycles. The highest BCUT2D eigenvalue weighted by molar-refractivity contribution is 7.99. The Kier molecular flexibility index (Phi) is 6.38. The van der Waals surface area contributed by atoms with E-state index in [1.165, 1.54) is 0 Å². The number of benzene rings is 1. The fourth-order valence-electron chi connectivity index (χ4n) is 1.61. The molecule has 116 valence electrons. The summed E-state index contributed by atoms with van der Waals surface area (Å²) in [6.07, 6.45) is 2.68. The summed E-state index contributed by atoms with van der Waals surface area (Å²) in [5.41, 5.74) is 1.06. The van der Waals surface area contributed by atoms with Crippen molar-refractivity contribution in [3.05, 3.63) is 33.6 Å². The van der Waals surface area contributed by atoms with Crippen molar-refractivity contribution in [2.45, 2.75) is 18.6 Å². The minimum atomic E-state index is -0.892. The molecule has 1 atom stereocenters. The minimum absolute atomic E-state index is 0.178. The average Bonchev–Trinajstić information content (AvgIpc) is 2.46. The van der Waals surface area contributed by atoms with Crippen LogP contribution in [0, 0.1) is 15.9 Å². The number of carbonyl (C=O) groups is 1. The number of nitro groups is 1. The van der Waals surface area contributed by atoms with Crippen LogP contribution in [0.1, 0.15) is 23.7 Å². The number of nitro benzene ring substituents is 1. The third-order valence-corrected chi connectivity index (χ3v) is 3.96. The topological polar surface area (TPSA) is 110 Å². The first-order chi connectivity index (χ1) is 9.90. The average molecular weight is 316 g/mol. The zero-order valence-corrected chi connectivity index (χ0v) is 12.5. The molecule has 21 heavy (non-hydrogen) atoms. The molecule has 7 nitrogen and oxygen atoms in total. The van der Waals surface area contributed by atoms with E-state index < -0.39 is 22.3 Å². The lowest BCUT2D eigenvalue weighted by Gasteiger charge is -2.10. The molecule has 0 bridgehead atoms. The molecule has 0 saturated heterocycles. The number of thioether (sulfide) groups is 1. The Bertz CT molecular complexity index is 541. The lowest BCUT2D eigenvalue weighted by molar-refractivity contribution is -0.385. The van der Waals surface area contributed by atoms with Gasteiger partial charge in [0.15, 0.2) is 5.82 Å². The second-order valence-electron chi connectivity index (χ2n) is 4.34. The first kappa shape index (κ1) is 17.2. The highest BCUT2D eigenvalue weighted by Gasteiger charge is 2.23. The van der Waals surface area contributed by atoms with E-state index in [2.05, 4.69) is 10.7 Å². The molecule has 1 aromatic rings. The van der Waals surface area contributed by atoms with E-state index in [4.69, 9.17) is 5.84 Å². The van der Waals surface area contributed by atoms with Crippen molar-refractivity contribution < 1.29 is 14.1 Å². The SMILES string of the molecule is CSC(C)CCNC(=O)c1cc(NN)c(F)cc1[N+](=O)[O-]. The summed E-state index contributed by atoms with van der Waals surface area (Å²) in [5.74, 6) is 3.58. The van der Waals surface area contributed by atoms with Crippen LogP contribution in [0.4, 0.5) is 15.8 Å². The maximum Gasteiger partial charge on any atom is 0.285 e. The number of nitrogen functional groups attached to an aromatic ring is 1. The Morgan fingerprint density at radius 3 is 2.76 bits per heavy atom. The van der Waals surface area contributed by atoms with Crippen LogP contribution in [0.5, 0.6) is 0 Å². The number of hydrogen-bond donors (Lipinski definition) is 3. The normalized spacial score (nSPS) is 11.8. The highest BCUT2D eigenvalue weighted by Crippen LogP contribution is 2.25. The van der Waals surface area contributed by atoms with Gasteiger partial charge in [-0.2, -0.15) is 11.8 Å². The number of hydrogen-bond acceptors (Lipinski definition) is 6. The van der Waals surface area contributed by atoms with Gasteiger partial charge in [0.2, 0.25) is 0 Å². The standard InChI is InChI=1S/C12H17FN4O3S/c1-7(21-2)3-4-15-12(18)8-5-10(16-14)9(13)6-11(8)17(19)20/h5-7,16H,3-4,14H2,1-2H3,(H,15,18). The second kappa shape index (κ2) is 7.79. The first-order valence-corrected chi connectivity index (χ1v) is 7.45. The summed E-state index contributed by atoms with van der Waals surface area (Å²) < 4.78 is 13.5. The summed E-state index contributed by atoms with van der Waals surface area (Å²) in [7, 11) is 0. The summed E-state index contributed by atoms with van der Waals surface area (Å²) in [4.78, 5) is 22.1. The third kappa shape index (κ3) is 4.57. The smallest absolute Gasteiger partial charge is 0.285 e. The molecule has 0 aliphatic heterocycles. The molecule has 4 N–H and O–H groups in total. The number of hydrazine groups is 1. The van der Waals surface area contributed by atoms with Crippen molar-refractivity contribution in [3.63, 3.8) is 0 Å². The van der Waals surface area contributed by atoms with E-state index in [0.29, 0.717) is 17.9 Å². The van der Waals surface area contributed by atoms with Gasteiger partial charge in [0.25, 0.3) is 11.6 Å². The van der Waals surface area contributed by atoms with Crippen molar-refractivity contribution in [2.75, 3.05) is 18.2 Å². The number of halogens is 1. The Labute approximate surface area is 125 Å². The number of nitrogens with one attached hydrogen (secondary N) is 2. The van der Waals surface area contributed by atoms with Crippen molar-refractivity contribution in [1.82, 2.24) is 5.32 Å². The summed E-state index contributed by atoms with van der Waals surface area (Å²) in [5, 5.41) is 13.8. The maximum absolute atomic E-state index is 13.5. The number of anilines is 1. The molecule has 0 saturated carbocycles. The molecule has 0 aliphatic carbocycles. The molecule has 9 heteroatoms. The van der Waals surface area contributed by atoms with Crippen molar-refractivity contribution >= 4 is 29.0 Å². The third-order valence-electron chi connectivity index (χ3n) is 2.92. The summed E-state index contributed by atoms with van der Waals surface area (Å²) >= 11 is 1.65. The zero-order chi connectivity index (χ0) is 16.0. The van der Waals surface area contributed by atoms with Crippen LogP contribution >= 0.6 is 11.8 Å². The Morgan fingerprint density at radius 1 is 1.57 bits per heavy atom. The number of carbonyl (C=O) groups excluding carboxylic acids is 1. The van der Waals surface area contributed by atoms with Gasteiger partial charge in [-0.05, 0) is 18.7 Å². The molecule has 0 radical (unpaired) electrons. The van der Waals surface area contributed by atoms with Crippen LogP contribution in [-0.4, -0.2) is 28.9 Å². The van der Waals surface area contributed by atoms with E-state index in [-0.39, 0.29) is 11.3 Å². The predicted octanol–water partition coefficient (Wildman–Crippen LogP) is 1.89. The predicted molar refractivity (Wildman–Crippen MR) is 80.8 cm³/mol. The summed E-state index contributed by atoms with van der Waals surface area (Å²) in [6.45, 7) is 2.38. The Balaban J connectivity index is 2.94. The van der Waals surface area contributed by atoms with E-state index >= 15 is 0 Å². The molecule has 0 aliphatic rings. The van der Waals surface area contributed by atoms with Gasteiger partial charge in [-0.15, -0.1) is 0 Å². The largest absolute Gasteiger partial charge is 0.352 e. The zero-order valence-electron chi connectivity index (χ0n) is 11.7. The monoisotopic (exact) mass is 316 g/mol. The lowest BCUT2D eigenvalue weighted by Crippen LogP contribution is -2.27. The van der Waals surface area contributed by atoms with Gasteiger partial charge in [-0.25, -0.2) is 4.39 Å². The first-order valence-electron chi connectivity index (χ1n) is 6.16. The van der Waals surface area contributed by atoms with Gasteiger partial charge >= 0.3 is 0 Å². The van der Waals surface area contributed by atoms with Gasteiger partial charge in [-0.3, -0.25) is 20.8 Å². The molecular weight excluding hydrogens is 299 g/mol. The van der Waals surface area contributed by atoms with Crippen molar-refractivity contribution in [2.24, 2.45) is 5.84 Å². The molecule has 1 rings (SSSR count). The molecule has 1 unspecified atom stereocenters. The van der Waals surface area contributed by atoms with Gasteiger partial charge in [0.1, 0.15) is 5.56 Å². The lowest BCUT2D eigenvalue weighted by atomic mass is 10.1. The number of amides is 1. The van der Waals surface area contributed by atoms with Gasteiger partial charge in [-0.1, -0.05) is 6.92 Å². The molecule has 0 spiro atoms. The molecule has 1 aromatic carbocycles. The summed E-state index contributed by atoms with van der Waals surface area (Å²) in [6, 6.07) is 1.70. The quantitative estimate of drug-likeness (QED) is 0.402. The number of nitrogens with zero attached hydrogens (tertiary/aromatic N) is 1. The van der Waals surface area contributed by atoms with E-state index in [1.54, 1.807) is 11.8 Å². The second-order valence-corrected chi connectivity index (χ2v) is 5.62. The fourth-order valence-corrected chi connectivity index (χ4v) is 1.96. The molecule has 0 aromatic heterocycles. The molecular formula is C12H17FN4O3S. The van der Waals surface area contributed by atoms with Crippen molar-refractivity contribution in [1.29, 1.82) is 0 Å². The Hall–Kier alpha value is -1.87. The van der Waals surface area contributed by atoms with Crippen molar-refractivity contribution in [3.8, 4) is 0 Å².